The second-order valence-electron chi connectivity index (χ2n) is 5.80. The van der Waals surface area contributed by atoms with E-state index in [9.17, 15) is 8.42 Å². The molecule has 0 bridgehead atoms. The first-order valence-corrected chi connectivity index (χ1v) is 8.98. The maximum Gasteiger partial charge on any atom is 0.150 e. The molecule has 0 saturated carbocycles. The van der Waals surface area contributed by atoms with Crippen LogP contribution in [0.3, 0.4) is 0 Å². The van der Waals surface area contributed by atoms with E-state index in [0.29, 0.717) is 23.6 Å². The van der Waals surface area contributed by atoms with E-state index in [1.807, 2.05) is 0 Å². The van der Waals surface area contributed by atoms with Crippen molar-refractivity contribution in [3.63, 3.8) is 0 Å². The Bertz CT molecular complexity index is 539. The van der Waals surface area contributed by atoms with Crippen LogP contribution in [0.25, 0.3) is 0 Å². The first-order chi connectivity index (χ1) is 9.12. The molecule has 1 aromatic rings. The number of hydrogen-bond donors (Lipinski definition) is 1. The molecular weight excluding hydrogens is 258 g/mol. The maximum absolute atomic E-state index is 11.4. The molecule has 1 N–H and O–H groups in total. The monoisotopic (exact) mass is 279 g/mol. The summed E-state index contributed by atoms with van der Waals surface area (Å²) in [5.74, 6) is 0.710. The Morgan fingerprint density at radius 1 is 0.947 bits per heavy atom. The van der Waals surface area contributed by atoms with E-state index in [2.05, 4.69) is 29.6 Å². The minimum atomic E-state index is -2.75. The van der Waals surface area contributed by atoms with Gasteiger partial charge in [0.2, 0.25) is 0 Å². The molecule has 0 amide bonds. The highest BCUT2D eigenvalue weighted by molar-refractivity contribution is 7.91. The lowest BCUT2D eigenvalue weighted by Crippen LogP contribution is -2.45. The van der Waals surface area contributed by atoms with Crippen molar-refractivity contribution < 1.29 is 8.42 Å². The second-order valence-corrected chi connectivity index (χ2v) is 8.10. The molecule has 0 spiro atoms. The van der Waals surface area contributed by atoms with Crippen molar-refractivity contribution in [3.05, 3.63) is 35.4 Å². The molecule has 104 valence electrons. The highest BCUT2D eigenvalue weighted by Crippen LogP contribution is 2.22. The van der Waals surface area contributed by atoms with E-state index < -0.39 is 9.84 Å². The van der Waals surface area contributed by atoms with Crippen LogP contribution in [0.2, 0.25) is 0 Å². The van der Waals surface area contributed by atoms with Crippen molar-refractivity contribution in [2.75, 3.05) is 11.5 Å². The SMILES string of the molecule is O=S1(=O)CCC(NC2CCc3ccccc3C2)CC1. The van der Waals surface area contributed by atoms with E-state index in [-0.39, 0.29) is 0 Å². The Morgan fingerprint density at radius 3 is 2.37 bits per heavy atom. The predicted molar refractivity (Wildman–Crippen MR) is 77.1 cm³/mol. The van der Waals surface area contributed by atoms with E-state index in [1.165, 1.54) is 17.5 Å². The molecule has 1 aliphatic heterocycles. The molecule has 1 atom stereocenters. The van der Waals surface area contributed by atoms with Crippen molar-refractivity contribution in [2.24, 2.45) is 0 Å². The molecule has 0 aromatic heterocycles. The molecule has 4 heteroatoms. The third-order valence-electron chi connectivity index (χ3n) is 4.37. The largest absolute Gasteiger partial charge is 0.311 e. The summed E-state index contributed by atoms with van der Waals surface area (Å²) < 4.78 is 22.8. The lowest BCUT2D eigenvalue weighted by molar-refractivity contribution is 0.372. The third-order valence-corrected chi connectivity index (χ3v) is 6.09. The number of rotatable bonds is 2. The predicted octanol–water partition coefficient (Wildman–Crippen LogP) is 1.71. The zero-order valence-corrected chi connectivity index (χ0v) is 12.0. The van der Waals surface area contributed by atoms with Crippen LogP contribution in [0.5, 0.6) is 0 Å². The Labute approximate surface area is 115 Å². The molecule has 1 unspecified atom stereocenters. The van der Waals surface area contributed by atoms with Gasteiger partial charge in [0.15, 0.2) is 0 Å². The number of benzene rings is 1. The van der Waals surface area contributed by atoms with Gasteiger partial charge >= 0.3 is 0 Å². The second kappa shape index (κ2) is 5.25. The summed E-state index contributed by atoms with van der Waals surface area (Å²) >= 11 is 0. The van der Waals surface area contributed by atoms with Crippen LogP contribution in [0.4, 0.5) is 0 Å². The Balaban J connectivity index is 1.58. The smallest absolute Gasteiger partial charge is 0.150 e. The van der Waals surface area contributed by atoms with Crippen LogP contribution < -0.4 is 5.32 Å². The van der Waals surface area contributed by atoms with Crippen LogP contribution in [-0.2, 0) is 22.7 Å². The Morgan fingerprint density at radius 2 is 1.63 bits per heavy atom. The summed E-state index contributed by atoms with van der Waals surface area (Å²) in [7, 11) is -2.75. The number of aryl methyl sites for hydroxylation is 1. The fourth-order valence-electron chi connectivity index (χ4n) is 3.23. The minimum absolute atomic E-state index is 0.355. The van der Waals surface area contributed by atoms with Crippen molar-refractivity contribution >= 4 is 9.84 Å². The van der Waals surface area contributed by atoms with Crippen LogP contribution in [0, 0.1) is 0 Å². The van der Waals surface area contributed by atoms with Gasteiger partial charge in [-0.1, -0.05) is 24.3 Å². The summed E-state index contributed by atoms with van der Waals surface area (Å²) in [5.41, 5.74) is 2.93. The lowest BCUT2D eigenvalue weighted by atomic mass is 9.88. The van der Waals surface area contributed by atoms with E-state index in [1.54, 1.807) is 0 Å². The summed E-state index contributed by atoms with van der Waals surface area (Å²) in [5, 5.41) is 3.67. The average Bonchev–Trinajstić information content (AvgIpc) is 2.41. The van der Waals surface area contributed by atoms with Crippen LogP contribution in [0.1, 0.15) is 30.4 Å². The number of sulfone groups is 1. The first kappa shape index (κ1) is 13.1. The molecule has 3 nitrogen and oxygen atoms in total. The van der Waals surface area contributed by atoms with Crippen molar-refractivity contribution in [1.29, 1.82) is 0 Å². The highest BCUT2D eigenvalue weighted by atomic mass is 32.2. The van der Waals surface area contributed by atoms with Gasteiger partial charge in [-0.3, -0.25) is 0 Å². The molecule has 3 rings (SSSR count). The average molecular weight is 279 g/mol. The van der Waals surface area contributed by atoms with Gasteiger partial charge in [0.05, 0.1) is 11.5 Å². The summed E-state index contributed by atoms with van der Waals surface area (Å²) in [6, 6.07) is 9.56. The highest BCUT2D eigenvalue weighted by Gasteiger charge is 2.26. The zero-order chi connectivity index (χ0) is 13.3. The van der Waals surface area contributed by atoms with Gasteiger partial charge in [-0.2, -0.15) is 0 Å². The van der Waals surface area contributed by atoms with Gasteiger partial charge in [-0.05, 0) is 43.2 Å². The summed E-state index contributed by atoms with van der Waals surface area (Å²) in [6.45, 7) is 0. The van der Waals surface area contributed by atoms with E-state index >= 15 is 0 Å². The van der Waals surface area contributed by atoms with Gasteiger partial charge in [-0.15, -0.1) is 0 Å². The molecular formula is C15H21NO2S. The molecule has 19 heavy (non-hydrogen) atoms. The van der Waals surface area contributed by atoms with Gasteiger partial charge in [0, 0.05) is 12.1 Å². The van der Waals surface area contributed by atoms with Crippen LogP contribution >= 0.6 is 0 Å². The third kappa shape index (κ3) is 3.18. The fraction of sp³-hybridized carbons (Fsp3) is 0.600. The maximum atomic E-state index is 11.4. The standard InChI is InChI=1S/C15H21NO2S/c17-19(18)9-7-14(8-10-19)16-15-6-5-12-3-1-2-4-13(12)11-15/h1-4,14-16H,5-11H2. The van der Waals surface area contributed by atoms with Crippen LogP contribution in [0.15, 0.2) is 24.3 Å². The zero-order valence-electron chi connectivity index (χ0n) is 11.1. The van der Waals surface area contributed by atoms with Gasteiger partial charge in [0.1, 0.15) is 9.84 Å². The molecule has 1 aromatic carbocycles. The Kier molecular flexibility index (Phi) is 3.63. The molecule has 2 aliphatic rings. The van der Waals surface area contributed by atoms with Crippen molar-refractivity contribution in [3.8, 4) is 0 Å². The van der Waals surface area contributed by atoms with Gasteiger partial charge in [-0.25, -0.2) is 8.42 Å². The lowest BCUT2D eigenvalue weighted by Gasteiger charge is -2.31. The topological polar surface area (TPSA) is 46.2 Å². The van der Waals surface area contributed by atoms with E-state index in [0.717, 1.165) is 25.7 Å². The van der Waals surface area contributed by atoms with Gasteiger partial charge < -0.3 is 5.32 Å². The fourth-order valence-corrected chi connectivity index (χ4v) is 4.72. The molecule has 1 heterocycles. The molecule has 1 saturated heterocycles. The summed E-state index contributed by atoms with van der Waals surface area (Å²) in [4.78, 5) is 0. The molecule has 1 aliphatic carbocycles. The Hall–Kier alpha value is -0.870. The number of hydrogen-bond acceptors (Lipinski definition) is 3. The number of nitrogens with one attached hydrogen (secondary N) is 1. The summed E-state index contributed by atoms with van der Waals surface area (Å²) in [6.07, 6.45) is 4.94. The number of fused-ring (bicyclic) bond motifs is 1. The van der Waals surface area contributed by atoms with Crippen LogP contribution in [-0.4, -0.2) is 32.0 Å². The van der Waals surface area contributed by atoms with Gasteiger partial charge in [0.25, 0.3) is 0 Å². The minimum Gasteiger partial charge on any atom is -0.311 e. The quantitative estimate of drug-likeness (QED) is 0.896. The molecule has 1 fully saturated rings. The van der Waals surface area contributed by atoms with Crippen molar-refractivity contribution in [2.45, 2.75) is 44.2 Å². The van der Waals surface area contributed by atoms with Crippen molar-refractivity contribution in [1.82, 2.24) is 5.32 Å². The normalized spacial score (nSPS) is 26.8. The molecule has 0 radical (unpaired) electrons. The first-order valence-electron chi connectivity index (χ1n) is 7.16. The van der Waals surface area contributed by atoms with E-state index in [4.69, 9.17) is 0 Å².